The number of alkyl carbamates (subject to hydrolysis) is 1. The maximum absolute atomic E-state index is 14.5. The maximum atomic E-state index is 14.5. The number of likely N-dealkylation sites (tertiary alicyclic amines) is 1. The van der Waals surface area contributed by atoms with Crippen LogP contribution in [0.3, 0.4) is 0 Å². The summed E-state index contributed by atoms with van der Waals surface area (Å²) in [5.41, 5.74) is 4.53. The number of halogens is 7. The summed E-state index contributed by atoms with van der Waals surface area (Å²) in [6.07, 6.45) is 13.6. The summed E-state index contributed by atoms with van der Waals surface area (Å²) >= 11 is 20.8. The first-order valence-electron chi connectivity index (χ1n) is 33.5. The number of anilines is 1. The van der Waals surface area contributed by atoms with Crippen LogP contribution in [0, 0.1) is 11.3 Å². The van der Waals surface area contributed by atoms with Crippen molar-refractivity contribution in [2.45, 2.75) is 151 Å². The molecule has 0 unspecified atom stereocenters. The van der Waals surface area contributed by atoms with Gasteiger partial charge in [0.1, 0.15) is 91.0 Å². The van der Waals surface area contributed by atoms with Gasteiger partial charge in [0.25, 0.3) is 5.91 Å². The highest BCUT2D eigenvalue weighted by Gasteiger charge is 2.62. The molecule has 6 aliphatic rings. The molecule has 3 aliphatic carbocycles. The Kier molecular flexibility index (Phi) is 34.0. The van der Waals surface area contributed by atoms with Gasteiger partial charge in [-0.2, -0.15) is 0 Å². The van der Waals surface area contributed by atoms with E-state index >= 15 is 0 Å². The number of hydrogen-bond donors (Lipinski definition) is 6. The fraction of sp³-hybridized carbons (Fsp3) is 0.443. The third kappa shape index (κ3) is 26.1. The third-order valence-corrected chi connectivity index (χ3v) is 21.0. The molecule has 8 heterocycles. The highest BCUT2D eigenvalue weighted by molar-refractivity contribution is 9.11. The van der Waals surface area contributed by atoms with E-state index in [4.69, 9.17) is 52.6 Å². The number of carbonyl (C=O) groups excluding carboxylic acids is 6. The molecule has 0 spiro atoms. The second-order valence-corrected chi connectivity index (χ2v) is 31.6. The Morgan fingerprint density at radius 2 is 1.25 bits per heavy atom. The lowest BCUT2D eigenvalue weighted by atomic mass is 9.84. The number of hydrogen-bond acceptors (Lipinski definition) is 23. The lowest BCUT2D eigenvalue weighted by molar-refractivity contribution is -0.145. The second kappa shape index (κ2) is 41.0. The van der Waals surface area contributed by atoms with E-state index in [2.05, 4.69) is 105 Å². The number of aromatic nitrogens is 5. The van der Waals surface area contributed by atoms with Gasteiger partial charge in [-0.05, 0) is 147 Å². The summed E-state index contributed by atoms with van der Waals surface area (Å²) in [6, 6.07) is 24.0. The van der Waals surface area contributed by atoms with Crippen molar-refractivity contribution in [3.63, 3.8) is 0 Å². The largest absolute Gasteiger partial charge is 0.489 e. The molecule has 3 saturated heterocycles. The molecule has 574 valence electrons. The Bertz CT molecular complexity index is 4000. The molecular weight excluding hydrogens is 1670 g/mol. The van der Waals surface area contributed by atoms with Gasteiger partial charge in [-0.25, -0.2) is 33.1 Å². The van der Waals surface area contributed by atoms with Crippen LogP contribution in [0.25, 0.3) is 11.3 Å². The smallest absolute Gasteiger partial charge is 0.408 e. The highest BCUT2D eigenvalue weighted by atomic mass is 79.9. The lowest BCUT2D eigenvalue weighted by Gasteiger charge is -2.35. The van der Waals surface area contributed by atoms with Gasteiger partial charge >= 0.3 is 25.1 Å². The molecular formula is C70H86BBr3Cl4N12O15S. The summed E-state index contributed by atoms with van der Waals surface area (Å²) in [5, 5.41) is 19.1. The Labute approximate surface area is 664 Å². The van der Waals surface area contributed by atoms with E-state index in [1.807, 2.05) is 51.1 Å². The molecule has 6 aromatic rings. The Balaban J connectivity index is 0.000000258. The molecule has 0 bridgehead atoms. The Hall–Kier alpha value is -6.98. The Morgan fingerprint density at radius 1 is 0.717 bits per heavy atom. The van der Waals surface area contributed by atoms with Crippen LogP contribution in [0.15, 0.2) is 148 Å². The zero-order valence-electron chi connectivity index (χ0n) is 58.9. The minimum Gasteiger partial charge on any atom is -0.489 e. The number of nitrogens with two attached hydrogens (primary N) is 1. The molecule has 4 amide bonds. The quantitative estimate of drug-likeness (QED) is 0.0144. The van der Waals surface area contributed by atoms with Gasteiger partial charge in [0.15, 0.2) is 0 Å². The van der Waals surface area contributed by atoms with Gasteiger partial charge in [-0.1, -0.05) is 80.4 Å². The number of nitrogen functional groups attached to an aromatic ring is 1. The predicted octanol–water partition coefficient (Wildman–Crippen LogP) is 10.6. The summed E-state index contributed by atoms with van der Waals surface area (Å²) in [4.78, 5) is 101. The summed E-state index contributed by atoms with van der Waals surface area (Å²) in [7, 11) is -1.88. The molecule has 9 atom stereocenters. The Morgan fingerprint density at radius 3 is 1.75 bits per heavy atom. The molecule has 3 saturated carbocycles. The minimum atomic E-state index is -3.88. The van der Waals surface area contributed by atoms with Crippen molar-refractivity contribution in [1.29, 1.82) is 0 Å². The SMILES string of the molecule is C=C[C@@H]1C[C@]1(NC(=O)[C@@H]1C[C@@H](Oc2ccnc(-c3ccccc3)c2)CN1C(=O)[C@@H](NC(=O)OC1CCCC1)C(C)(C)C)C(=O)NS(=O)(=O)C1CC1.COC(=O)[C@@H]1C[C@@H](Oc2ccnc(Br)c2)CN1.COC(=O)[C@@H]1C[C@@H](Oc2ccnc(Br)c2)CN1B(C)O.Cl.Cl.Clc1ccnc(Br)c1.Nc1cc(Cl)ccn1. The summed E-state index contributed by atoms with van der Waals surface area (Å²) in [5.74, 6) is -0.722. The fourth-order valence-corrected chi connectivity index (χ4v) is 14.7. The van der Waals surface area contributed by atoms with Crippen LogP contribution in [0.2, 0.25) is 16.9 Å². The van der Waals surface area contributed by atoms with E-state index in [0.717, 1.165) is 46.2 Å². The van der Waals surface area contributed by atoms with Gasteiger partial charge in [-0.3, -0.25) is 33.7 Å². The van der Waals surface area contributed by atoms with Crippen molar-refractivity contribution in [1.82, 2.24) is 55.3 Å². The molecule has 0 radical (unpaired) electrons. The van der Waals surface area contributed by atoms with Crippen LogP contribution < -0.4 is 40.6 Å². The monoisotopic (exact) mass is 1750 g/mol. The zero-order chi connectivity index (χ0) is 75.5. The molecule has 3 aliphatic heterocycles. The van der Waals surface area contributed by atoms with E-state index in [-0.39, 0.29) is 80.5 Å². The molecule has 12 rings (SSSR count). The van der Waals surface area contributed by atoms with Crippen molar-refractivity contribution in [3.05, 3.63) is 158 Å². The number of rotatable bonds is 19. The van der Waals surface area contributed by atoms with Crippen LogP contribution in [-0.2, 0) is 48.2 Å². The van der Waals surface area contributed by atoms with Crippen LogP contribution >= 0.6 is 95.8 Å². The fourth-order valence-electron chi connectivity index (χ4n) is 11.9. The van der Waals surface area contributed by atoms with Crippen LogP contribution in [0.4, 0.5) is 10.6 Å². The van der Waals surface area contributed by atoms with Gasteiger partial charge in [0.05, 0.1) is 31.7 Å². The van der Waals surface area contributed by atoms with Crippen LogP contribution in [0.5, 0.6) is 17.2 Å². The number of nitrogens with one attached hydrogen (secondary N) is 4. The van der Waals surface area contributed by atoms with E-state index in [9.17, 15) is 42.2 Å². The van der Waals surface area contributed by atoms with Crippen molar-refractivity contribution in [2.24, 2.45) is 11.3 Å². The number of esters is 2. The number of methoxy groups -OCH3 is 2. The number of nitrogens with zero attached hydrogens (tertiary/aromatic N) is 7. The van der Waals surface area contributed by atoms with E-state index in [0.29, 0.717) is 76.4 Å². The first kappa shape index (κ1) is 87.9. The summed E-state index contributed by atoms with van der Waals surface area (Å²) < 4.78 is 62.7. The first-order chi connectivity index (χ1) is 49.5. The van der Waals surface area contributed by atoms with Crippen molar-refractivity contribution >= 4 is 154 Å². The number of sulfonamides is 1. The van der Waals surface area contributed by atoms with Gasteiger partial charge in [0, 0.05) is 103 Å². The summed E-state index contributed by atoms with van der Waals surface area (Å²) in [6.45, 7) is 11.9. The molecule has 106 heavy (non-hydrogen) atoms. The van der Waals surface area contributed by atoms with E-state index in [1.165, 1.54) is 25.2 Å². The number of amides is 4. The molecule has 5 aromatic heterocycles. The van der Waals surface area contributed by atoms with Crippen molar-refractivity contribution in [2.75, 3.05) is 39.6 Å². The average Bonchev–Trinajstić information content (AvgIpc) is 1.57. The molecule has 27 nitrogen and oxygen atoms in total. The van der Waals surface area contributed by atoms with Crippen LogP contribution in [-0.4, -0.2) is 184 Å². The average molecular weight is 1760 g/mol. The standard InChI is InChI=1S/C37H47N5O8S.C12H16BBrN2O4.C11H13BrN2O3.C5H3BrClN.C5H5ClN2.2ClH/c1-5-24-21-37(24,34(45)41-51(47,48)28-15-16-28)40-32(43)30-20-27(49-26-17-18-38-29(19-26)23-11-7-6-8-12-23)22-42(30)33(44)31(36(2,3)4)39-35(46)50-25-13-9-10-14-25;1-13(18)16-7-9(5-10(16)12(17)19-2)20-8-3-4-15-11(14)6-8;1-16-11(15)9-4-8(6-14-9)17-7-2-3-13-10(12)5-7;6-5-3-4(7)1-2-8-5;6-4-1-2-8-5(7)3-4;;/h5-8,11-12,17-19,24-25,27-28,30-31H,1,9-10,13-16,20-22H2,2-4H3,(H,39,46)(H,40,43)(H,41,45);3-4,6,9-10,18H,5,7H2,1-2H3;2-3,5,8-9,14H,4,6H2,1H3;1-3H;1-3H,(H2,7,8);2*1H/t24-,27-,30+,31-,37-;9-,10+;8-,9+;;;;/m111..../s1. The molecule has 7 N–H and O–H groups in total. The molecule has 1 aromatic carbocycles. The lowest BCUT2D eigenvalue weighted by Crippen LogP contribution is -2.60. The topological polar surface area (TPSA) is 357 Å². The zero-order valence-corrected chi connectivity index (χ0v) is 67.6. The second-order valence-electron chi connectivity index (χ2n) is 26.3. The molecule has 36 heteroatoms. The number of carbonyl (C=O) groups is 6. The number of ether oxygens (including phenoxy) is 6. The van der Waals surface area contributed by atoms with Crippen molar-refractivity contribution < 1.29 is 70.6 Å². The van der Waals surface area contributed by atoms with Gasteiger partial charge in [-0.15, -0.1) is 31.4 Å². The number of pyridine rings is 5. The maximum Gasteiger partial charge on any atom is 0.408 e. The third-order valence-electron chi connectivity index (χ3n) is 17.4. The first-order valence-corrected chi connectivity index (χ1v) is 38.2. The van der Waals surface area contributed by atoms with Gasteiger partial charge < -0.3 is 64.8 Å². The molecule has 6 fully saturated rings. The van der Waals surface area contributed by atoms with Crippen molar-refractivity contribution in [3.8, 4) is 28.5 Å². The highest BCUT2D eigenvalue weighted by Crippen LogP contribution is 2.46. The van der Waals surface area contributed by atoms with Crippen LogP contribution in [0.1, 0.15) is 85.0 Å². The van der Waals surface area contributed by atoms with E-state index in [1.54, 1.807) is 103 Å². The normalized spacial score (nSPS) is 21.6. The van der Waals surface area contributed by atoms with E-state index < -0.39 is 87.2 Å². The minimum absolute atomic E-state index is 0. The number of benzene rings is 1. The predicted molar refractivity (Wildman–Crippen MR) is 416 cm³/mol. The van der Waals surface area contributed by atoms with Gasteiger partial charge in [0.2, 0.25) is 21.8 Å².